The van der Waals surface area contributed by atoms with Gasteiger partial charge in [-0.25, -0.2) is 0 Å². The van der Waals surface area contributed by atoms with Crippen molar-refractivity contribution >= 4 is 5.97 Å². The molecule has 3 heteroatoms. The lowest BCUT2D eigenvalue weighted by Crippen LogP contribution is -2.54. The van der Waals surface area contributed by atoms with Crippen molar-refractivity contribution in [3.63, 3.8) is 0 Å². The molecular weight excluding hydrogens is 432 g/mol. The average molecular weight is 487 g/mol. The monoisotopic (exact) mass is 486 g/mol. The first-order valence-corrected chi connectivity index (χ1v) is 14.6. The summed E-state index contributed by atoms with van der Waals surface area (Å²) in [6, 6.07) is 0. The molecule has 0 unspecified atom stereocenters. The van der Waals surface area contributed by atoms with Crippen molar-refractivity contribution in [3.05, 3.63) is 12.2 Å². The molecule has 8 atom stereocenters. The lowest BCUT2D eigenvalue weighted by atomic mass is 9.43. The summed E-state index contributed by atoms with van der Waals surface area (Å²) < 4.78 is 10.7. The van der Waals surface area contributed by atoms with Gasteiger partial charge in [0, 0.05) is 13.5 Å². The predicted octanol–water partition coefficient (Wildman–Crippen LogP) is 8.22. The number of fused-ring (bicyclic) bond motifs is 2. The van der Waals surface area contributed by atoms with E-state index in [-0.39, 0.29) is 11.6 Å². The Morgan fingerprint density at radius 1 is 1.00 bits per heavy atom. The molecule has 4 aliphatic carbocycles. The fourth-order valence-corrected chi connectivity index (χ4v) is 10.5. The van der Waals surface area contributed by atoms with Crippen LogP contribution in [-0.2, 0) is 14.3 Å². The van der Waals surface area contributed by atoms with Crippen molar-refractivity contribution in [1.82, 2.24) is 0 Å². The standard InChI is InChI=1S/C32H54O3/c1-22(2)24-12-13-26-30(7)17-14-25(23(3)11-10-16-28(4,5)35-9)29(30,6)19-20-32(26)21-31(24,32)18-15-27(33)34-8/h10,16,22-26H,11-15,17-21H2,1-9H3/b16-10+/t23-,24+,25-,26+,29-,30+,31-,32+/m1/s1. The highest BCUT2D eigenvalue weighted by molar-refractivity contribution is 5.69. The third kappa shape index (κ3) is 4.05. The van der Waals surface area contributed by atoms with E-state index in [9.17, 15) is 4.79 Å². The van der Waals surface area contributed by atoms with E-state index in [2.05, 4.69) is 60.6 Å². The second-order valence-electron chi connectivity index (χ2n) is 14.4. The first-order valence-electron chi connectivity index (χ1n) is 14.6. The SMILES string of the molecule is COC(=O)CC[C@]12C[C@]13CC[C@]1(C)[C@@H]([C@H](C)C/C=C/C(C)(C)OC)CC[C@@]1(C)[C@@H]3CC[C@H]2C(C)C. The number of hydrogen-bond donors (Lipinski definition) is 0. The maximum atomic E-state index is 12.2. The molecule has 0 saturated heterocycles. The van der Waals surface area contributed by atoms with Crippen molar-refractivity contribution in [2.45, 2.75) is 118 Å². The molecule has 0 aliphatic heterocycles. The van der Waals surface area contributed by atoms with Crippen LogP contribution in [0.4, 0.5) is 0 Å². The maximum Gasteiger partial charge on any atom is 0.305 e. The highest BCUT2D eigenvalue weighted by Crippen LogP contribution is 2.87. The summed E-state index contributed by atoms with van der Waals surface area (Å²) in [5.74, 6) is 3.77. The Morgan fingerprint density at radius 2 is 1.71 bits per heavy atom. The number of hydrogen-bond acceptors (Lipinski definition) is 3. The molecule has 4 aliphatic rings. The Labute approximate surface area is 216 Å². The minimum Gasteiger partial charge on any atom is -0.469 e. The summed E-state index contributed by atoms with van der Waals surface area (Å²) in [6.45, 7) is 17.0. The topological polar surface area (TPSA) is 35.5 Å². The van der Waals surface area contributed by atoms with Crippen LogP contribution in [0.3, 0.4) is 0 Å². The Morgan fingerprint density at radius 3 is 2.34 bits per heavy atom. The molecule has 0 heterocycles. The summed E-state index contributed by atoms with van der Waals surface area (Å²) in [5, 5.41) is 0. The molecule has 200 valence electrons. The van der Waals surface area contributed by atoms with Crippen molar-refractivity contribution < 1.29 is 14.3 Å². The van der Waals surface area contributed by atoms with E-state index in [4.69, 9.17) is 9.47 Å². The van der Waals surface area contributed by atoms with Gasteiger partial charge in [0.1, 0.15) is 0 Å². The van der Waals surface area contributed by atoms with Crippen LogP contribution >= 0.6 is 0 Å². The van der Waals surface area contributed by atoms with E-state index in [1.54, 1.807) is 14.2 Å². The number of ether oxygens (including phenoxy) is 2. The van der Waals surface area contributed by atoms with Gasteiger partial charge < -0.3 is 9.47 Å². The van der Waals surface area contributed by atoms with Gasteiger partial charge in [0.2, 0.25) is 0 Å². The van der Waals surface area contributed by atoms with Crippen molar-refractivity contribution in [2.24, 2.45) is 51.2 Å². The second kappa shape index (κ2) is 9.17. The minimum atomic E-state index is -0.181. The van der Waals surface area contributed by atoms with Crippen LogP contribution in [0, 0.1) is 51.2 Å². The zero-order valence-corrected chi connectivity index (χ0v) is 24.3. The molecule has 0 aromatic rings. The highest BCUT2D eigenvalue weighted by atomic mass is 16.5. The molecule has 0 bridgehead atoms. The molecule has 0 radical (unpaired) electrons. The minimum absolute atomic E-state index is 0.0163. The van der Waals surface area contributed by atoms with Gasteiger partial charge in [-0.3, -0.25) is 4.79 Å². The van der Waals surface area contributed by atoms with Gasteiger partial charge in [-0.05, 0) is 123 Å². The number of methoxy groups -OCH3 is 2. The summed E-state index contributed by atoms with van der Waals surface area (Å²) in [4.78, 5) is 12.2. The van der Waals surface area contributed by atoms with Gasteiger partial charge in [0.05, 0.1) is 12.7 Å². The van der Waals surface area contributed by atoms with Crippen molar-refractivity contribution in [2.75, 3.05) is 14.2 Å². The van der Waals surface area contributed by atoms with Gasteiger partial charge in [-0.2, -0.15) is 0 Å². The van der Waals surface area contributed by atoms with E-state index in [0.717, 1.165) is 30.6 Å². The van der Waals surface area contributed by atoms with E-state index < -0.39 is 0 Å². The average Bonchev–Trinajstić information content (AvgIpc) is 3.40. The maximum absolute atomic E-state index is 12.2. The van der Waals surface area contributed by atoms with Gasteiger partial charge in [0.15, 0.2) is 0 Å². The van der Waals surface area contributed by atoms with Gasteiger partial charge in [-0.1, -0.05) is 46.8 Å². The largest absolute Gasteiger partial charge is 0.469 e. The molecule has 4 saturated carbocycles. The smallest absolute Gasteiger partial charge is 0.305 e. The van der Waals surface area contributed by atoms with Crippen molar-refractivity contribution in [3.8, 4) is 0 Å². The zero-order valence-electron chi connectivity index (χ0n) is 24.3. The number of allylic oxidation sites excluding steroid dienone is 1. The molecule has 4 fully saturated rings. The van der Waals surface area contributed by atoms with Crippen LogP contribution < -0.4 is 0 Å². The number of carbonyl (C=O) groups excluding carboxylic acids is 1. The fraction of sp³-hybridized carbons (Fsp3) is 0.906. The molecule has 0 aromatic carbocycles. The van der Waals surface area contributed by atoms with Gasteiger partial charge >= 0.3 is 5.97 Å². The Hall–Kier alpha value is -0.830. The first kappa shape index (κ1) is 27.2. The first-order chi connectivity index (χ1) is 16.3. The molecular formula is C32H54O3. The summed E-state index contributed by atoms with van der Waals surface area (Å²) in [6.07, 6.45) is 17.1. The molecule has 35 heavy (non-hydrogen) atoms. The summed E-state index contributed by atoms with van der Waals surface area (Å²) >= 11 is 0. The molecule has 0 N–H and O–H groups in total. The Balaban J connectivity index is 1.56. The second-order valence-corrected chi connectivity index (χ2v) is 14.4. The fourth-order valence-electron chi connectivity index (χ4n) is 10.5. The number of rotatable bonds is 9. The van der Waals surface area contributed by atoms with E-state index in [1.165, 1.54) is 44.9 Å². The van der Waals surface area contributed by atoms with Crippen molar-refractivity contribution in [1.29, 1.82) is 0 Å². The highest BCUT2D eigenvalue weighted by Gasteiger charge is 2.80. The quantitative estimate of drug-likeness (QED) is 0.243. The lowest BCUT2D eigenvalue weighted by molar-refractivity contribution is -0.144. The van der Waals surface area contributed by atoms with Crippen LogP contribution in [0.5, 0.6) is 0 Å². The van der Waals surface area contributed by atoms with Crippen LogP contribution in [0.25, 0.3) is 0 Å². The van der Waals surface area contributed by atoms with Gasteiger partial charge in [-0.15, -0.1) is 0 Å². The van der Waals surface area contributed by atoms with E-state index in [0.29, 0.717) is 39.9 Å². The normalized spacial score (nSPS) is 43.5. The summed E-state index contributed by atoms with van der Waals surface area (Å²) in [7, 11) is 3.34. The van der Waals surface area contributed by atoms with Gasteiger partial charge in [0.25, 0.3) is 0 Å². The van der Waals surface area contributed by atoms with E-state index in [1.807, 2.05) is 0 Å². The Kier molecular flexibility index (Phi) is 7.13. The summed E-state index contributed by atoms with van der Waals surface area (Å²) in [5.41, 5.74) is 1.52. The van der Waals surface area contributed by atoms with E-state index >= 15 is 0 Å². The molecule has 0 amide bonds. The van der Waals surface area contributed by atoms with Crippen LogP contribution in [-0.4, -0.2) is 25.8 Å². The van der Waals surface area contributed by atoms with Crippen LogP contribution in [0.1, 0.15) is 113 Å². The lowest BCUT2D eigenvalue weighted by Gasteiger charge is -2.61. The van der Waals surface area contributed by atoms with Crippen LogP contribution in [0.2, 0.25) is 0 Å². The zero-order chi connectivity index (χ0) is 25.9. The third-order valence-corrected chi connectivity index (χ3v) is 12.6. The molecule has 1 spiro atoms. The third-order valence-electron chi connectivity index (χ3n) is 12.6. The predicted molar refractivity (Wildman–Crippen MR) is 144 cm³/mol. The Bertz CT molecular complexity index is 829. The molecule has 0 aromatic heterocycles. The molecule has 3 nitrogen and oxygen atoms in total. The molecule has 4 rings (SSSR count). The van der Waals surface area contributed by atoms with Crippen LogP contribution in [0.15, 0.2) is 12.2 Å². The number of carbonyl (C=O) groups is 1. The number of esters is 1.